The van der Waals surface area contributed by atoms with Gasteiger partial charge < -0.3 is 10.2 Å². The number of benzene rings is 3. The number of anilines is 1. The number of carbonyl (C=O) groups is 4. The molecule has 0 saturated heterocycles. The summed E-state index contributed by atoms with van der Waals surface area (Å²) in [7, 11) is 0. The van der Waals surface area contributed by atoms with E-state index in [0.29, 0.717) is 29.8 Å². The van der Waals surface area contributed by atoms with Crippen LogP contribution in [-0.2, 0) is 16.1 Å². The Morgan fingerprint density at radius 3 is 2.17 bits per heavy atom. The fraction of sp³-hybridized carbons (Fsp3) is 0.241. The first kappa shape index (κ1) is 24.9. The maximum absolute atomic E-state index is 13.4. The van der Waals surface area contributed by atoms with Crippen LogP contribution in [0.3, 0.4) is 0 Å². The number of nitrogens with zero attached hydrogens (tertiary/aromatic N) is 2. The zero-order valence-electron chi connectivity index (χ0n) is 20.4. The lowest BCUT2D eigenvalue weighted by Gasteiger charge is -2.30. The highest BCUT2D eigenvalue weighted by molar-refractivity contribution is 6.21. The molecule has 3 aromatic carbocycles. The largest absolute Gasteiger partial charge is 0.332 e. The van der Waals surface area contributed by atoms with Gasteiger partial charge in [-0.05, 0) is 48.7 Å². The standard InChI is InChI=1S/C29H29N3O4/c1-20(23-12-8-13-24(18-23)30-21(2)33)32(19-22-10-4-3-5-11-22)27(34)16-9-17-31-28(35)25-14-6-7-15-26(25)29(31)36/h3-8,10-15,18,20H,9,16-17,19H2,1-2H3,(H,30,33). The van der Waals surface area contributed by atoms with E-state index in [1.807, 2.05) is 61.5 Å². The van der Waals surface area contributed by atoms with Crippen LogP contribution in [0, 0.1) is 0 Å². The Morgan fingerprint density at radius 2 is 1.53 bits per heavy atom. The number of hydrogen-bond acceptors (Lipinski definition) is 4. The minimum absolute atomic E-state index is 0.0760. The smallest absolute Gasteiger partial charge is 0.261 e. The van der Waals surface area contributed by atoms with Crippen LogP contribution in [0.15, 0.2) is 78.9 Å². The molecular weight excluding hydrogens is 454 g/mol. The van der Waals surface area contributed by atoms with Crippen molar-refractivity contribution in [3.63, 3.8) is 0 Å². The molecule has 1 heterocycles. The molecule has 0 aliphatic carbocycles. The SMILES string of the molecule is CC(=O)Nc1cccc(C(C)N(Cc2ccccc2)C(=O)CCCN2C(=O)c3ccccc3C2=O)c1. The summed E-state index contributed by atoms with van der Waals surface area (Å²) < 4.78 is 0. The van der Waals surface area contributed by atoms with E-state index in [0.717, 1.165) is 11.1 Å². The maximum atomic E-state index is 13.4. The molecule has 0 fully saturated rings. The summed E-state index contributed by atoms with van der Waals surface area (Å²) in [6, 6.07) is 23.7. The number of nitrogens with one attached hydrogen (secondary N) is 1. The Balaban J connectivity index is 1.47. The minimum atomic E-state index is -0.313. The van der Waals surface area contributed by atoms with Crippen LogP contribution in [0.5, 0.6) is 0 Å². The summed E-state index contributed by atoms with van der Waals surface area (Å²) >= 11 is 0. The second-order valence-electron chi connectivity index (χ2n) is 8.90. The molecule has 4 rings (SSSR count). The van der Waals surface area contributed by atoms with Crippen molar-refractivity contribution in [2.45, 2.75) is 39.3 Å². The van der Waals surface area contributed by atoms with E-state index in [1.54, 1.807) is 29.2 Å². The molecule has 7 nitrogen and oxygen atoms in total. The average Bonchev–Trinajstić information content (AvgIpc) is 3.12. The normalized spacial score (nSPS) is 13.3. The van der Waals surface area contributed by atoms with Gasteiger partial charge in [0.2, 0.25) is 11.8 Å². The first-order valence-electron chi connectivity index (χ1n) is 12.0. The van der Waals surface area contributed by atoms with Crippen molar-refractivity contribution in [3.8, 4) is 0 Å². The van der Waals surface area contributed by atoms with Gasteiger partial charge in [-0.1, -0.05) is 54.6 Å². The van der Waals surface area contributed by atoms with Crippen molar-refractivity contribution in [2.24, 2.45) is 0 Å². The predicted octanol–water partition coefficient (Wildman–Crippen LogP) is 4.81. The first-order chi connectivity index (χ1) is 17.3. The van der Waals surface area contributed by atoms with E-state index >= 15 is 0 Å². The Bertz CT molecular complexity index is 1250. The van der Waals surface area contributed by atoms with Crippen LogP contribution < -0.4 is 5.32 Å². The van der Waals surface area contributed by atoms with Crippen LogP contribution in [-0.4, -0.2) is 40.0 Å². The summed E-state index contributed by atoms with van der Waals surface area (Å²) in [4.78, 5) is 53.2. The molecule has 184 valence electrons. The van der Waals surface area contributed by atoms with Crippen LogP contribution >= 0.6 is 0 Å². The summed E-state index contributed by atoms with van der Waals surface area (Å²) in [5.41, 5.74) is 3.38. The molecule has 1 aliphatic heterocycles. The van der Waals surface area contributed by atoms with Gasteiger partial charge in [0.25, 0.3) is 11.8 Å². The molecule has 0 aromatic heterocycles. The van der Waals surface area contributed by atoms with E-state index in [9.17, 15) is 19.2 Å². The number of fused-ring (bicyclic) bond motifs is 1. The molecule has 7 heteroatoms. The predicted molar refractivity (Wildman–Crippen MR) is 137 cm³/mol. The van der Waals surface area contributed by atoms with Gasteiger partial charge in [-0.25, -0.2) is 0 Å². The molecule has 0 saturated carbocycles. The minimum Gasteiger partial charge on any atom is -0.332 e. The van der Waals surface area contributed by atoms with Crippen LogP contribution in [0.2, 0.25) is 0 Å². The summed E-state index contributed by atoms with van der Waals surface area (Å²) in [5.74, 6) is -0.863. The second-order valence-corrected chi connectivity index (χ2v) is 8.90. The van der Waals surface area contributed by atoms with E-state index < -0.39 is 0 Å². The number of hydrogen-bond donors (Lipinski definition) is 1. The third-order valence-corrected chi connectivity index (χ3v) is 6.32. The Morgan fingerprint density at radius 1 is 0.889 bits per heavy atom. The molecule has 3 aromatic rings. The molecule has 1 aliphatic rings. The molecule has 0 radical (unpaired) electrons. The van der Waals surface area contributed by atoms with Gasteiger partial charge in [-0.3, -0.25) is 24.1 Å². The molecule has 0 bridgehead atoms. The topological polar surface area (TPSA) is 86.8 Å². The summed E-state index contributed by atoms with van der Waals surface area (Å²) in [6.45, 7) is 4.01. The van der Waals surface area contributed by atoms with Gasteiger partial charge in [0.15, 0.2) is 0 Å². The van der Waals surface area contributed by atoms with Crippen molar-refractivity contribution >= 4 is 29.3 Å². The van der Waals surface area contributed by atoms with Crippen molar-refractivity contribution < 1.29 is 19.2 Å². The lowest BCUT2D eigenvalue weighted by molar-refractivity contribution is -0.134. The number of imide groups is 1. The molecular formula is C29H29N3O4. The summed E-state index contributed by atoms with van der Waals surface area (Å²) in [6.07, 6.45) is 0.560. The third-order valence-electron chi connectivity index (χ3n) is 6.32. The highest BCUT2D eigenvalue weighted by atomic mass is 16.2. The first-order valence-corrected chi connectivity index (χ1v) is 12.0. The molecule has 1 N–H and O–H groups in total. The fourth-order valence-electron chi connectivity index (χ4n) is 4.45. The number of amides is 4. The lowest BCUT2D eigenvalue weighted by atomic mass is 10.0. The Labute approximate surface area is 210 Å². The monoisotopic (exact) mass is 483 g/mol. The average molecular weight is 484 g/mol. The second kappa shape index (κ2) is 11.0. The van der Waals surface area contributed by atoms with Crippen molar-refractivity contribution in [2.75, 3.05) is 11.9 Å². The van der Waals surface area contributed by atoms with Crippen LogP contribution in [0.1, 0.15) is 64.6 Å². The molecule has 0 spiro atoms. The quantitative estimate of drug-likeness (QED) is 0.443. The Hall–Kier alpha value is -4.26. The van der Waals surface area contributed by atoms with Gasteiger partial charge in [-0.2, -0.15) is 0 Å². The van der Waals surface area contributed by atoms with E-state index in [4.69, 9.17) is 0 Å². The highest BCUT2D eigenvalue weighted by Crippen LogP contribution is 2.27. The van der Waals surface area contributed by atoms with Crippen LogP contribution in [0.25, 0.3) is 0 Å². The maximum Gasteiger partial charge on any atom is 0.261 e. The molecule has 1 unspecified atom stereocenters. The zero-order chi connectivity index (χ0) is 25.7. The molecule has 4 amide bonds. The van der Waals surface area contributed by atoms with Gasteiger partial charge in [0.05, 0.1) is 17.2 Å². The van der Waals surface area contributed by atoms with Gasteiger partial charge in [0, 0.05) is 32.1 Å². The number of rotatable bonds is 9. The van der Waals surface area contributed by atoms with Crippen molar-refractivity contribution in [3.05, 3.63) is 101 Å². The van der Waals surface area contributed by atoms with E-state index in [1.165, 1.54) is 11.8 Å². The van der Waals surface area contributed by atoms with Gasteiger partial charge in [0.1, 0.15) is 0 Å². The van der Waals surface area contributed by atoms with Crippen LogP contribution in [0.4, 0.5) is 5.69 Å². The van der Waals surface area contributed by atoms with E-state index in [2.05, 4.69) is 5.32 Å². The van der Waals surface area contributed by atoms with Gasteiger partial charge in [-0.15, -0.1) is 0 Å². The zero-order valence-corrected chi connectivity index (χ0v) is 20.4. The molecule has 1 atom stereocenters. The summed E-state index contributed by atoms with van der Waals surface area (Å²) in [5, 5.41) is 2.79. The number of carbonyl (C=O) groups excluding carboxylic acids is 4. The van der Waals surface area contributed by atoms with Crippen molar-refractivity contribution in [1.82, 2.24) is 9.80 Å². The van der Waals surface area contributed by atoms with E-state index in [-0.39, 0.29) is 42.6 Å². The van der Waals surface area contributed by atoms with Gasteiger partial charge >= 0.3 is 0 Å². The molecule has 36 heavy (non-hydrogen) atoms. The lowest BCUT2D eigenvalue weighted by Crippen LogP contribution is -2.35. The van der Waals surface area contributed by atoms with Crippen molar-refractivity contribution in [1.29, 1.82) is 0 Å². The highest BCUT2D eigenvalue weighted by Gasteiger charge is 2.34. The fourth-order valence-corrected chi connectivity index (χ4v) is 4.45. The third kappa shape index (κ3) is 5.51. The Kier molecular flexibility index (Phi) is 7.59.